The maximum atomic E-state index is 12.5. The van der Waals surface area contributed by atoms with Gasteiger partial charge in [0.25, 0.3) is 0 Å². The number of fused-ring (bicyclic) bond motifs is 1. The monoisotopic (exact) mass is 369 g/mol. The Morgan fingerprint density at radius 2 is 2.22 bits per heavy atom. The lowest BCUT2D eigenvalue weighted by Gasteiger charge is -2.42. The van der Waals surface area contributed by atoms with Crippen LogP contribution < -0.4 is 10.1 Å². The van der Waals surface area contributed by atoms with Crippen molar-refractivity contribution in [2.24, 2.45) is 0 Å². The molecule has 2 aliphatic heterocycles. The highest BCUT2D eigenvalue weighted by Crippen LogP contribution is 2.44. The van der Waals surface area contributed by atoms with Crippen molar-refractivity contribution in [3.8, 4) is 5.75 Å². The van der Waals surface area contributed by atoms with Crippen LogP contribution in [-0.4, -0.2) is 50.7 Å². The van der Waals surface area contributed by atoms with E-state index in [4.69, 9.17) is 4.74 Å². The van der Waals surface area contributed by atoms with Crippen molar-refractivity contribution >= 4 is 11.8 Å². The third-order valence-electron chi connectivity index (χ3n) is 5.43. The lowest BCUT2D eigenvalue weighted by atomic mass is 9.82. The summed E-state index contributed by atoms with van der Waals surface area (Å²) in [5, 5.41) is 7.10. The second-order valence-corrected chi connectivity index (χ2v) is 7.31. The van der Waals surface area contributed by atoms with Gasteiger partial charge in [0.1, 0.15) is 30.5 Å². The lowest BCUT2D eigenvalue weighted by Crippen LogP contribution is -2.46. The number of nitrogens with zero attached hydrogens (tertiary/aromatic N) is 4. The van der Waals surface area contributed by atoms with Crippen LogP contribution in [0.15, 0.2) is 36.9 Å². The molecule has 2 aliphatic rings. The van der Waals surface area contributed by atoms with Crippen LogP contribution in [0.4, 0.5) is 0 Å². The number of hydrogen-bond acceptors (Lipinski definition) is 5. The van der Waals surface area contributed by atoms with E-state index in [1.165, 1.54) is 17.3 Å². The quantitative estimate of drug-likeness (QED) is 0.881. The molecular formula is C19H23N5O3. The van der Waals surface area contributed by atoms with Crippen molar-refractivity contribution in [2.75, 3.05) is 13.6 Å². The number of aromatic nitrogens is 3. The fourth-order valence-corrected chi connectivity index (χ4v) is 3.90. The molecule has 1 aromatic carbocycles. The number of benzene rings is 1. The number of carbonyl (C=O) groups is 2. The van der Waals surface area contributed by atoms with Gasteiger partial charge in [-0.2, -0.15) is 5.10 Å². The predicted molar refractivity (Wildman–Crippen MR) is 96.8 cm³/mol. The van der Waals surface area contributed by atoms with Crippen molar-refractivity contribution in [1.82, 2.24) is 25.0 Å². The van der Waals surface area contributed by atoms with E-state index in [0.717, 1.165) is 17.7 Å². The maximum absolute atomic E-state index is 12.5. The molecule has 1 fully saturated rings. The summed E-state index contributed by atoms with van der Waals surface area (Å²) in [6.45, 7) is 0.772. The molecule has 1 saturated heterocycles. The van der Waals surface area contributed by atoms with Crippen LogP contribution >= 0.6 is 0 Å². The third kappa shape index (κ3) is 3.65. The minimum absolute atomic E-state index is 0.119. The topological polar surface area (TPSA) is 89.4 Å². The number of para-hydroxylation sites is 1. The SMILES string of the molecule is CN1CC[C@]2(CCC1=O)C[C@H](NC(=O)Cn1cncn1)c1ccccc1O2. The van der Waals surface area contributed by atoms with Crippen LogP contribution in [0.1, 0.15) is 37.3 Å². The number of hydrogen-bond donors (Lipinski definition) is 1. The van der Waals surface area contributed by atoms with E-state index in [9.17, 15) is 9.59 Å². The zero-order valence-corrected chi connectivity index (χ0v) is 15.3. The Bertz CT molecular complexity index is 838. The van der Waals surface area contributed by atoms with Crippen LogP contribution in [0.5, 0.6) is 5.75 Å². The van der Waals surface area contributed by atoms with Crippen LogP contribution in [0.3, 0.4) is 0 Å². The smallest absolute Gasteiger partial charge is 0.242 e. The minimum atomic E-state index is -0.444. The van der Waals surface area contributed by atoms with Gasteiger partial charge in [0.05, 0.1) is 6.04 Å². The molecule has 1 N–H and O–H groups in total. The summed E-state index contributed by atoms with van der Waals surface area (Å²) in [6.07, 6.45) is 5.43. The minimum Gasteiger partial charge on any atom is -0.487 e. The molecule has 2 atom stereocenters. The fraction of sp³-hybridized carbons (Fsp3) is 0.474. The summed E-state index contributed by atoms with van der Waals surface area (Å²) in [6, 6.07) is 7.63. The molecule has 8 heteroatoms. The molecule has 2 aromatic rings. The van der Waals surface area contributed by atoms with E-state index in [1.54, 1.807) is 4.90 Å². The summed E-state index contributed by atoms with van der Waals surface area (Å²) in [4.78, 5) is 30.3. The van der Waals surface area contributed by atoms with Crippen molar-refractivity contribution in [1.29, 1.82) is 0 Å². The second kappa shape index (κ2) is 7.02. The van der Waals surface area contributed by atoms with Gasteiger partial charge in [-0.3, -0.25) is 9.59 Å². The van der Waals surface area contributed by atoms with Crippen molar-refractivity contribution in [3.63, 3.8) is 0 Å². The summed E-state index contributed by atoms with van der Waals surface area (Å²) in [7, 11) is 1.83. The van der Waals surface area contributed by atoms with Crippen LogP contribution in [0.25, 0.3) is 0 Å². The van der Waals surface area contributed by atoms with E-state index >= 15 is 0 Å². The van der Waals surface area contributed by atoms with Gasteiger partial charge in [0, 0.05) is 38.4 Å². The number of amides is 2. The molecule has 0 radical (unpaired) electrons. The fourth-order valence-electron chi connectivity index (χ4n) is 3.90. The second-order valence-electron chi connectivity index (χ2n) is 7.31. The largest absolute Gasteiger partial charge is 0.487 e. The predicted octanol–water partition coefficient (Wildman–Crippen LogP) is 1.30. The summed E-state index contributed by atoms with van der Waals surface area (Å²) in [5.74, 6) is 0.798. The normalized spacial score (nSPS) is 24.9. The highest BCUT2D eigenvalue weighted by molar-refractivity contribution is 5.77. The Labute approximate surface area is 157 Å². The Morgan fingerprint density at radius 1 is 1.37 bits per heavy atom. The number of rotatable bonds is 3. The molecule has 8 nitrogen and oxygen atoms in total. The standard InChI is InChI=1S/C19H23N5O3/c1-23-9-8-19(7-6-18(23)26)10-15(14-4-2-3-5-16(14)27-19)22-17(25)11-24-13-20-12-21-24/h2-5,12-13,15H,6-11H2,1H3,(H,22,25)/t15-,19+/m0/s1. The molecule has 1 aromatic heterocycles. The first-order chi connectivity index (χ1) is 13.0. The van der Waals surface area contributed by atoms with Gasteiger partial charge in [0.2, 0.25) is 11.8 Å². The molecular weight excluding hydrogens is 346 g/mol. The highest BCUT2D eigenvalue weighted by Gasteiger charge is 2.43. The summed E-state index contributed by atoms with van der Waals surface area (Å²) >= 11 is 0. The van der Waals surface area contributed by atoms with E-state index in [1.807, 2.05) is 31.3 Å². The first-order valence-electron chi connectivity index (χ1n) is 9.18. The van der Waals surface area contributed by atoms with E-state index < -0.39 is 5.60 Å². The molecule has 4 rings (SSSR count). The molecule has 3 heterocycles. The summed E-state index contributed by atoms with van der Waals surface area (Å²) in [5.41, 5.74) is 0.527. The van der Waals surface area contributed by atoms with Crippen LogP contribution in [0, 0.1) is 0 Å². The Kier molecular flexibility index (Phi) is 4.55. The number of carbonyl (C=O) groups excluding carboxylic acids is 2. The molecule has 0 unspecified atom stereocenters. The van der Waals surface area contributed by atoms with E-state index in [0.29, 0.717) is 25.8 Å². The average Bonchev–Trinajstić information content (AvgIpc) is 3.12. The molecule has 27 heavy (non-hydrogen) atoms. The van der Waals surface area contributed by atoms with Crippen molar-refractivity contribution < 1.29 is 14.3 Å². The Balaban J connectivity index is 1.56. The van der Waals surface area contributed by atoms with E-state index in [-0.39, 0.29) is 24.4 Å². The van der Waals surface area contributed by atoms with Gasteiger partial charge in [-0.15, -0.1) is 0 Å². The van der Waals surface area contributed by atoms with Gasteiger partial charge in [-0.05, 0) is 12.5 Å². The molecule has 0 aliphatic carbocycles. The van der Waals surface area contributed by atoms with Gasteiger partial charge < -0.3 is 15.0 Å². The number of ether oxygens (including phenoxy) is 1. The zero-order chi connectivity index (χ0) is 18.9. The molecule has 0 bridgehead atoms. The van der Waals surface area contributed by atoms with Gasteiger partial charge in [-0.25, -0.2) is 9.67 Å². The molecule has 0 saturated carbocycles. The summed E-state index contributed by atoms with van der Waals surface area (Å²) < 4.78 is 7.89. The average molecular weight is 369 g/mol. The first kappa shape index (κ1) is 17.5. The van der Waals surface area contributed by atoms with Gasteiger partial charge >= 0.3 is 0 Å². The lowest BCUT2D eigenvalue weighted by molar-refractivity contribution is -0.129. The molecule has 2 amide bonds. The van der Waals surface area contributed by atoms with Crippen molar-refractivity contribution in [2.45, 2.75) is 43.9 Å². The Hall–Kier alpha value is -2.90. The molecule has 142 valence electrons. The number of likely N-dealkylation sites (tertiary alicyclic amines) is 1. The number of nitrogens with one attached hydrogen (secondary N) is 1. The Morgan fingerprint density at radius 3 is 3.04 bits per heavy atom. The van der Waals surface area contributed by atoms with Gasteiger partial charge in [-0.1, -0.05) is 18.2 Å². The highest BCUT2D eigenvalue weighted by atomic mass is 16.5. The first-order valence-corrected chi connectivity index (χ1v) is 9.18. The van der Waals surface area contributed by atoms with Crippen molar-refractivity contribution in [3.05, 3.63) is 42.5 Å². The maximum Gasteiger partial charge on any atom is 0.242 e. The zero-order valence-electron chi connectivity index (χ0n) is 15.3. The van der Waals surface area contributed by atoms with Crippen LogP contribution in [-0.2, 0) is 16.1 Å². The third-order valence-corrected chi connectivity index (χ3v) is 5.43. The van der Waals surface area contributed by atoms with E-state index in [2.05, 4.69) is 15.4 Å². The van der Waals surface area contributed by atoms with Crippen LogP contribution in [0.2, 0.25) is 0 Å². The molecule has 1 spiro atoms. The van der Waals surface area contributed by atoms with Gasteiger partial charge in [0.15, 0.2) is 0 Å².